The second-order valence-electron chi connectivity index (χ2n) is 3.21. The number of hydrogen-bond donors (Lipinski definition) is 3. The molecule has 1 rings (SSSR count). The van der Waals surface area contributed by atoms with E-state index < -0.39 is 12.1 Å². The Kier molecular flexibility index (Phi) is 2.84. The van der Waals surface area contributed by atoms with Crippen LogP contribution in [0.2, 0.25) is 0 Å². The molecular weight excluding hydrogens is 172 g/mol. The number of carbonyl (C=O) groups excluding carboxylic acids is 2. The van der Waals surface area contributed by atoms with Crippen molar-refractivity contribution in [2.75, 3.05) is 13.6 Å². The molecule has 0 spiro atoms. The molecule has 0 aromatic carbocycles. The molecule has 0 aromatic heterocycles. The fraction of sp³-hybridized carbons (Fsp3) is 0.714. The number of carbonyl (C=O) groups is 2. The zero-order chi connectivity index (χ0) is 10.0. The fourth-order valence-electron chi connectivity index (χ4n) is 1.08. The van der Waals surface area contributed by atoms with E-state index in [4.69, 9.17) is 5.73 Å². The van der Waals surface area contributed by atoms with Crippen molar-refractivity contribution in [3.8, 4) is 0 Å². The van der Waals surface area contributed by atoms with Crippen LogP contribution in [0.1, 0.15) is 6.92 Å². The van der Waals surface area contributed by atoms with Gasteiger partial charge >= 0.3 is 0 Å². The van der Waals surface area contributed by atoms with E-state index in [-0.39, 0.29) is 11.8 Å². The van der Waals surface area contributed by atoms with Crippen LogP contribution in [-0.4, -0.2) is 42.5 Å². The summed E-state index contributed by atoms with van der Waals surface area (Å²) in [6.07, 6.45) is 0. The molecule has 0 radical (unpaired) electrons. The molecule has 1 aliphatic heterocycles. The fourth-order valence-corrected chi connectivity index (χ4v) is 1.08. The molecule has 1 fully saturated rings. The van der Waals surface area contributed by atoms with Gasteiger partial charge < -0.3 is 11.1 Å². The van der Waals surface area contributed by atoms with E-state index in [9.17, 15) is 9.59 Å². The minimum absolute atomic E-state index is 0.198. The van der Waals surface area contributed by atoms with Gasteiger partial charge in [-0.05, 0) is 6.92 Å². The quantitative estimate of drug-likeness (QED) is 0.456. The number of nitrogens with two attached hydrogens (primary N) is 1. The third-order valence-electron chi connectivity index (χ3n) is 1.80. The molecule has 1 aliphatic rings. The van der Waals surface area contributed by atoms with E-state index in [0.717, 1.165) is 0 Å². The number of hydrazine groups is 1. The molecule has 1 heterocycles. The average Bonchev–Trinajstić information content (AvgIpc) is 2.30. The van der Waals surface area contributed by atoms with Crippen molar-refractivity contribution < 1.29 is 9.59 Å². The summed E-state index contributed by atoms with van der Waals surface area (Å²) in [5.41, 5.74) is 7.89. The van der Waals surface area contributed by atoms with Crippen LogP contribution < -0.4 is 16.5 Å². The Bertz CT molecular complexity index is 229. The highest BCUT2D eigenvalue weighted by atomic mass is 16.2. The van der Waals surface area contributed by atoms with Gasteiger partial charge in [0.15, 0.2) is 0 Å². The van der Waals surface area contributed by atoms with Crippen LogP contribution in [0.4, 0.5) is 0 Å². The van der Waals surface area contributed by atoms with Crippen molar-refractivity contribution in [1.82, 2.24) is 15.8 Å². The molecular formula is C7H14N4O2. The van der Waals surface area contributed by atoms with Crippen LogP contribution in [0.15, 0.2) is 0 Å². The van der Waals surface area contributed by atoms with Crippen molar-refractivity contribution in [1.29, 1.82) is 0 Å². The molecule has 4 N–H and O–H groups in total. The van der Waals surface area contributed by atoms with Gasteiger partial charge in [0.1, 0.15) is 6.04 Å². The van der Waals surface area contributed by atoms with Crippen LogP contribution in [0.25, 0.3) is 0 Å². The van der Waals surface area contributed by atoms with E-state index in [2.05, 4.69) is 10.7 Å². The summed E-state index contributed by atoms with van der Waals surface area (Å²) in [6.45, 7) is 2.04. The molecule has 6 heteroatoms. The van der Waals surface area contributed by atoms with Crippen LogP contribution in [0, 0.1) is 0 Å². The average molecular weight is 186 g/mol. The summed E-state index contributed by atoms with van der Waals surface area (Å²) in [7, 11) is 1.73. The predicted octanol–water partition coefficient (Wildman–Crippen LogP) is -2.20. The van der Waals surface area contributed by atoms with Crippen molar-refractivity contribution >= 4 is 11.8 Å². The lowest BCUT2D eigenvalue weighted by Gasteiger charge is -2.11. The monoisotopic (exact) mass is 186 g/mol. The number of nitrogens with zero attached hydrogens (tertiary/aromatic N) is 1. The summed E-state index contributed by atoms with van der Waals surface area (Å²) in [4.78, 5) is 22.3. The molecule has 13 heavy (non-hydrogen) atoms. The van der Waals surface area contributed by atoms with Gasteiger partial charge in [0.2, 0.25) is 5.91 Å². The van der Waals surface area contributed by atoms with E-state index >= 15 is 0 Å². The summed E-state index contributed by atoms with van der Waals surface area (Å²) in [6, 6.07) is -1.07. The third kappa shape index (κ3) is 2.40. The maximum Gasteiger partial charge on any atom is 0.258 e. The van der Waals surface area contributed by atoms with E-state index in [0.29, 0.717) is 6.54 Å². The van der Waals surface area contributed by atoms with E-state index in [1.54, 1.807) is 19.0 Å². The molecule has 6 nitrogen and oxygen atoms in total. The molecule has 0 aliphatic carbocycles. The van der Waals surface area contributed by atoms with Gasteiger partial charge in [-0.3, -0.25) is 15.0 Å². The molecule has 74 valence electrons. The van der Waals surface area contributed by atoms with Gasteiger partial charge in [0.05, 0.1) is 6.04 Å². The number of hydrogen-bond acceptors (Lipinski definition) is 4. The van der Waals surface area contributed by atoms with E-state index in [1.165, 1.54) is 0 Å². The van der Waals surface area contributed by atoms with Crippen LogP contribution in [0.5, 0.6) is 0 Å². The van der Waals surface area contributed by atoms with Crippen molar-refractivity contribution in [2.45, 2.75) is 19.0 Å². The molecule has 0 bridgehead atoms. The lowest BCUT2D eigenvalue weighted by molar-refractivity contribution is -0.128. The summed E-state index contributed by atoms with van der Waals surface area (Å²) in [5.74, 6) is -0.507. The topological polar surface area (TPSA) is 87.5 Å². The van der Waals surface area contributed by atoms with Gasteiger partial charge in [0.25, 0.3) is 5.91 Å². The minimum atomic E-state index is -0.585. The molecule has 2 atom stereocenters. The van der Waals surface area contributed by atoms with Crippen LogP contribution in [0.3, 0.4) is 0 Å². The number of likely N-dealkylation sites (N-methyl/N-ethyl adjacent to an activating group) is 1. The van der Waals surface area contributed by atoms with Gasteiger partial charge in [0, 0.05) is 13.6 Å². The largest absolute Gasteiger partial charge is 0.342 e. The Balaban J connectivity index is 2.46. The van der Waals surface area contributed by atoms with Crippen molar-refractivity contribution in [3.63, 3.8) is 0 Å². The summed E-state index contributed by atoms with van der Waals surface area (Å²) < 4.78 is 0. The Morgan fingerprint density at radius 3 is 2.85 bits per heavy atom. The van der Waals surface area contributed by atoms with Crippen molar-refractivity contribution in [3.05, 3.63) is 0 Å². The predicted molar refractivity (Wildman–Crippen MR) is 46.4 cm³/mol. The first-order valence-corrected chi connectivity index (χ1v) is 4.08. The Morgan fingerprint density at radius 2 is 2.46 bits per heavy atom. The first-order chi connectivity index (χ1) is 6.00. The second kappa shape index (κ2) is 3.71. The Morgan fingerprint density at radius 1 is 1.85 bits per heavy atom. The lowest BCUT2D eigenvalue weighted by Crippen LogP contribution is -2.47. The molecule has 0 aromatic rings. The maximum atomic E-state index is 11.1. The lowest BCUT2D eigenvalue weighted by atomic mass is 10.2. The minimum Gasteiger partial charge on any atom is -0.342 e. The summed E-state index contributed by atoms with van der Waals surface area (Å²) in [5, 5.41) is 4.16. The maximum absolute atomic E-state index is 11.1. The highest BCUT2D eigenvalue weighted by Crippen LogP contribution is 1.96. The Hall–Kier alpha value is -1.14. The first kappa shape index (κ1) is 9.94. The number of amides is 2. The zero-order valence-electron chi connectivity index (χ0n) is 7.70. The molecule has 0 saturated carbocycles. The number of nitrogens with one attached hydrogen (secondary N) is 2. The smallest absolute Gasteiger partial charge is 0.258 e. The van der Waals surface area contributed by atoms with Gasteiger partial charge in [-0.1, -0.05) is 0 Å². The van der Waals surface area contributed by atoms with Crippen molar-refractivity contribution in [2.24, 2.45) is 5.73 Å². The SMILES string of the molecule is C[C@@H](N)C(=O)NC1CN(C)NC1=O. The van der Waals surface area contributed by atoms with E-state index in [1.807, 2.05) is 0 Å². The highest BCUT2D eigenvalue weighted by Gasteiger charge is 2.29. The van der Waals surface area contributed by atoms with Gasteiger partial charge in [-0.2, -0.15) is 0 Å². The third-order valence-corrected chi connectivity index (χ3v) is 1.80. The zero-order valence-corrected chi connectivity index (χ0v) is 7.70. The van der Waals surface area contributed by atoms with Gasteiger partial charge in [-0.15, -0.1) is 0 Å². The van der Waals surface area contributed by atoms with Crippen LogP contribution in [-0.2, 0) is 9.59 Å². The normalized spacial score (nSPS) is 25.5. The molecule has 2 amide bonds. The second-order valence-corrected chi connectivity index (χ2v) is 3.21. The first-order valence-electron chi connectivity index (χ1n) is 4.08. The highest BCUT2D eigenvalue weighted by molar-refractivity contribution is 5.90. The van der Waals surface area contributed by atoms with Crippen LogP contribution >= 0.6 is 0 Å². The number of rotatable bonds is 2. The molecule has 1 saturated heterocycles. The standard InChI is InChI=1S/C7H14N4O2/c1-4(8)6(12)9-5-3-11(2)10-7(5)13/h4-5H,3,8H2,1-2H3,(H,9,12)(H,10,13)/t4-,5?/m1/s1. The summed E-state index contributed by atoms with van der Waals surface area (Å²) >= 11 is 0. The Labute approximate surface area is 76.4 Å². The van der Waals surface area contributed by atoms with Gasteiger partial charge in [-0.25, -0.2) is 5.01 Å². The molecule has 1 unspecified atom stereocenters.